The summed E-state index contributed by atoms with van der Waals surface area (Å²) >= 11 is 3.31. The number of furan rings is 1. The van der Waals surface area contributed by atoms with Crippen LogP contribution < -0.4 is 14.8 Å². The molecule has 0 aliphatic carbocycles. The highest BCUT2D eigenvalue weighted by molar-refractivity contribution is 9.10. The largest absolute Gasteiger partial charge is 0.493 e. The Morgan fingerprint density at radius 3 is 2.58 bits per heavy atom. The van der Waals surface area contributed by atoms with Crippen LogP contribution in [0.2, 0.25) is 0 Å². The minimum Gasteiger partial charge on any atom is -0.493 e. The predicted octanol–water partition coefficient (Wildman–Crippen LogP) is 4.49. The number of benzene rings is 2. The lowest BCUT2D eigenvalue weighted by Gasteiger charge is -2.10. The maximum Gasteiger partial charge on any atom is 0.343 e. The minimum absolute atomic E-state index is 0.0896. The highest BCUT2D eigenvalue weighted by Crippen LogP contribution is 2.30. The summed E-state index contributed by atoms with van der Waals surface area (Å²) < 4.78 is 16.7. The van der Waals surface area contributed by atoms with Crippen LogP contribution in [0.25, 0.3) is 6.08 Å². The fraction of sp³-hybridized carbons (Fsp3) is 0.0870. The third-order valence-electron chi connectivity index (χ3n) is 4.15. The summed E-state index contributed by atoms with van der Waals surface area (Å²) in [5.74, 6) is -0.00202. The van der Waals surface area contributed by atoms with Gasteiger partial charge in [0, 0.05) is 4.47 Å². The molecule has 0 aliphatic heterocycles. The van der Waals surface area contributed by atoms with E-state index in [1.54, 1.807) is 48.5 Å². The first kappa shape index (κ1) is 21.9. The molecule has 3 aromatic rings. The van der Waals surface area contributed by atoms with Gasteiger partial charge < -0.3 is 19.2 Å². The van der Waals surface area contributed by atoms with Crippen LogP contribution in [0.4, 0.5) is 0 Å². The number of ether oxygens (including phenoxy) is 2. The summed E-state index contributed by atoms with van der Waals surface area (Å²) in [5, 5.41) is 12.0. The van der Waals surface area contributed by atoms with Crippen molar-refractivity contribution in [1.82, 2.24) is 5.32 Å². The van der Waals surface area contributed by atoms with E-state index in [1.807, 2.05) is 6.07 Å². The topological polar surface area (TPSA) is 102 Å². The van der Waals surface area contributed by atoms with E-state index >= 15 is 0 Å². The number of nitriles is 1. The van der Waals surface area contributed by atoms with Gasteiger partial charge in [-0.3, -0.25) is 4.79 Å². The average Bonchev–Trinajstić information content (AvgIpc) is 3.30. The number of hydrogen-bond donors (Lipinski definition) is 1. The molecule has 8 heteroatoms. The molecule has 0 fully saturated rings. The molecule has 2 aromatic carbocycles. The SMILES string of the molecule is COc1cc(/C=C(\C#N)C(=O)NCc2ccco2)ccc1OC(=O)c1ccc(Br)cc1. The molecule has 0 bridgehead atoms. The number of methoxy groups -OCH3 is 1. The third kappa shape index (κ3) is 5.84. The van der Waals surface area contributed by atoms with Gasteiger partial charge in [-0.05, 0) is 60.2 Å². The van der Waals surface area contributed by atoms with Gasteiger partial charge >= 0.3 is 5.97 Å². The average molecular weight is 481 g/mol. The first-order valence-corrected chi connectivity index (χ1v) is 9.87. The second-order valence-electron chi connectivity index (χ2n) is 6.24. The Morgan fingerprint density at radius 2 is 1.94 bits per heavy atom. The Balaban J connectivity index is 1.74. The number of amides is 1. The second-order valence-corrected chi connectivity index (χ2v) is 7.15. The number of esters is 1. The predicted molar refractivity (Wildman–Crippen MR) is 116 cm³/mol. The number of nitrogens with one attached hydrogen (secondary N) is 1. The van der Waals surface area contributed by atoms with Gasteiger partial charge in [-0.1, -0.05) is 22.0 Å². The highest BCUT2D eigenvalue weighted by atomic mass is 79.9. The summed E-state index contributed by atoms with van der Waals surface area (Å²) in [6.07, 6.45) is 2.92. The van der Waals surface area contributed by atoms with Crippen molar-refractivity contribution < 1.29 is 23.5 Å². The first-order chi connectivity index (χ1) is 15.0. The van der Waals surface area contributed by atoms with Gasteiger partial charge in [0.2, 0.25) is 0 Å². The van der Waals surface area contributed by atoms with Crippen LogP contribution in [-0.4, -0.2) is 19.0 Å². The van der Waals surface area contributed by atoms with Crippen LogP contribution in [0.15, 0.2) is 75.3 Å². The lowest BCUT2D eigenvalue weighted by molar-refractivity contribution is -0.117. The van der Waals surface area contributed by atoms with E-state index in [1.165, 1.54) is 25.5 Å². The molecule has 0 spiro atoms. The summed E-state index contributed by atoms with van der Waals surface area (Å²) in [5.41, 5.74) is 0.826. The Morgan fingerprint density at radius 1 is 1.16 bits per heavy atom. The molecule has 7 nitrogen and oxygen atoms in total. The van der Waals surface area contributed by atoms with E-state index in [0.29, 0.717) is 16.9 Å². The summed E-state index contributed by atoms with van der Waals surface area (Å²) in [6.45, 7) is 0.166. The molecular formula is C23H17BrN2O5. The summed E-state index contributed by atoms with van der Waals surface area (Å²) in [6, 6.07) is 16.8. The van der Waals surface area contributed by atoms with Crippen molar-refractivity contribution in [3.8, 4) is 17.6 Å². The highest BCUT2D eigenvalue weighted by Gasteiger charge is 2.14. The molecule has 1 amide bonds. The third-order valence-corrected chi connectivity index (χ3v) is 4.68. The Hall–Kier alpha value is -3.83. The second kappa shape index (κ2) is 10.3. The first-order valence-electron chi connectivity index (χ1n) is 9.08. The maximum atomic E-state index is 12.4. The molecule has 156 valence electrons. The number of rotatable bonds is 7. The molecule has 0 saturated carbocycles. The minimum atomic E-state index is -0.538. The van der Waals surface area contributed by atoms with Crippen LogP contribution in [-0.2, 0) is 11.3 Å². The van der Waals surface area contributed by atoms with E-state index in [2.05, 4.69) is 21.2 Å². The van der Waals surface area contributed by atoms with E-state index in [9.17, 15) is 14.9 Å². The molecule has 1 heterocycles. The van der Waals surface area contributed by atoms with Crippen molar-refractivity contribution in [2.24, 2.45) is 0 Å². The van der Waals surface area contributed by atoms with Crippen molar-refractivity contribution in [2.45, 2.75) is 6.54 Å². The Kier molecular flexibility index (Phi) is 7.25. The summed E-state index contributed by atoms with van der Waals surface area (Å²) in [4.78, 5) is 24.6. The van der Waals surface area contributed by atoms with Crippen LogP contribution in [0.5, 0.6) is 11.5 Å². The van der Waals surface area contributed by atoms with Gasteiger partial charge in [-0.15, -0.1) is 0 Å². The van der Waals surface area contributed by atoms with Gasteiger partial charge in [0.15, 0.2) is 11.5 Å². The number of hydrogen-bond acceptors (Lipinski definition) is 6. The molecule has 0 saturated heterocycles. The van der Waals surface area contributed by atoms with Gasteiger partial charge in [0.25, 0.3) is 5.91 Å². The van der Waals surface area contributed by atoms with Crippen LogP contribution in [0.3, 0.4) is 0 Å². The zero-order chi connectivity index (χ0) is 22.2. The Labute approximate surface area is 187 Å². The zero-order valence-electron chi connectivity index (χ0n) is 16.4. The van der Waals surface area contributed by atoms with Crippen molar-refractivity contribution in [3.05, 3.63) is 87.8 Å². The molecule has 0 radical (unpaired) electrons. The molecule has 1 N–H and O–H groups in total. The molecule has 0 aliphatic rings. The lowest BCUT2D eigenvalue weighted by Crippen LogP contribution is -2.23. The van der Waals surface area contributed by atoms with Crippen LogP contribution >= 0.6 is 15.9 Å². The molecular weight excluding hydrogens is 464 g/mol. The molecule has 1 aromatic heterocycles. The van der Waals surface area contributed by atoms with Crippen molar-refractivity contribution in [1.29, 1.82) is 5.26 Å². The normalized spacial score (nSPS) is 10.8. The standard InChI is InChI=1S/C23H17BrN2O5/c1-29-21-12-15(11-17(13-25)22(27)26-14-19-3-2-10-30-19)4-9-20(21)31-23(28)16-5-7-18(24)8-6-16/h2-12H,14H2,1H3,(H,26,27)/b17-11+. The van der Waals surface area contributed by atoms with E-state index in [-0.39, 0.29) is 23.6 Å². The van der Waals surface area contributed by atoms with Gasteiger partial charge in [-0.25, -0.2) is 4.79 Å². The molecule has 31 heavy (non-hydrogen) atoms. The van der Waals surface area contributed by atoms with Gasteiger partial charge in [0.1, 0.15) is 17.4 Å². The van der Waals surface area contributed by atoms with Crippen LogP contribution in [0, 0.1) is 11.3 Å². The van der Waals surface area contributed by atoms with E-state index in [0.717, 1.165) is 4.47 Å². The number of carbonyl (C=O) groups excluding carboxylic acids is 2. The smallest absolute Gasteiger partial charge is 0.343 e. The Bertz CT molecular complexity index is 1150. The van der Waals surface area contributed by atoms with E-state index in [4.69, 9.17) is 13.9 Å². The lowest BCUT2D eigenvalue weighted by atomic mass is 10.1. The quantitative estimate of drug-likeness (QED) is 0.231. The van der Waals surface area contributed by atoms with Crippen molar-refractivity contribution in [2.75, 3.05) is 7.11 Å². The number of halogens is 1. The van der Waals surface area contributed by atoms with Crippen molar-refractivity contribution in [3.63, 3.8) is 0 Å². The molecule has 0 unspecified atom stereocenters. The fourth-order valence-corrected chi connectivity index (χ4v) is 2.86. The number of carbonyl (C=O) groups is 2. The molecule has 0 atom stereocenters. The maximum absolute atomic E-state index is 12.4. The van der Waals surface area contributed by atoms with Gasteiger partial charge in [0.05, 0.1) is 25.5 Å². The zero-order valence-corrected chi connectivity index (χ0v) is 18.0. The summed E-state index contributed by atoms with van der Waals surface area (Å²) in [7, 11) is 1.43. The monoisotopic (exact) mass is 480 g/mol. The van der Waals surface area contributed by atoms with Crippen molar-refractivity contribution >= 4 is 33.9 Å². The van der Waals surface area contributed by atoms with Gasteiger partial charge in [-0.2, -0.15) is 5.26 Å². The number of nitrogens with zero attached hydrogens (tertiary/aromatic N) is 1. The fourth-order valence-electron chi connectivity index (χ4n) is 2.59. The molecule has 3 rings (SSSR count). The van der Waals surface area contributed by atoms with Crippen LogP contribution in [0.1, 0.15) is 21.7 Å². The van der Waals surface area contributed by atoms with E-state index < -0.39 is 11.9 Å².